The van der Waals surface area contributed by atoms with Gasteiger partial charge in [0.1, 0.15) is 0 Å². The van der Waals surface area contributed by atoms with Gasteiger partial charge in [-0.1, -0.05) is 12.1 Å². The lowest BCUT2D eigenvalue weighted by molar-refractivity contribution is -0.255. The van der Waals surface area contributed by atoms with Crippen molar-refractivity contribution in [3.05, 3.63) is 78.1 Å². The number of aromatic nitrogens is 1. The van der Waals surface area contributed by atoms with Crippen LogP contribution in [0.3, 0.4) is 0 Å². The first-order valence-electron chi connectivity index (χ1n) is 9.17. The first kappa shape index (κ1) is 18.0. The number of rotatable bonds is 5. The van der Waals surface area contributed by atoms with Crippen LogP contribution in [0.2, 0.25) is 0 Å². The van der Waals surface area contributed by atoms with Crippen LogP contribution in [0, 0.1) is 0 Å². The molecule has 0 unspecified atom stereocenters. The predicted octanol–water partition coefficient (Wildman–Crippen LogP) is 2.43. The third-order valence-corrected chi connectivity index (χ3v) is 4.73. The third kappa shape index (κ3) is 3.97. The van der Waals surface area contributed by atoms with E-state index in [-0.39, 0.29) is 5.56 Å². The molecule has 28 heavy (non-hydrogen) atoms. The van der Waals surface area contributed by atoms with Crippen molar-refractivity contribution in [1.29, 1.82) is 0 Å². The van der Waals surface area contributed by atoms with Gasteiger partial charge in [-0.2, -0.15) is 0 Å². The Morgan fingerprint density at radius 3 is 2.32 bits per heavy atom. The molecule has 0 atom stereocenters. The number of benzene rings is 2. The Morgan fingerprint density at radius 1 is 0.964 bits per heavy atom. The maximum Gasteiger partial charge on any atom is 0.0715 e. The monoisotopic (exact) mass is 374 g/mol. The summed E-state index contributed by atoms with van der Waals surface area (Å²) < 4.78 is 7.34. The molecule has 0 aliphatic carbocycles. The van der Waals surface area contributed by atoms with Crippen LogP contribution in [0.5, 0.6) is 0 Å². The first-order valence-corrected chi connectivity index (χ1v) is 9.17. The molecule has 0 bridgehead atoms. The average Bonchev–Trinajstić information content (AvgIpc) is 3.22. The van der Waals surface area contributed by atoms with Crippen molar-refractivity contribution in [2.75, 3.05) is 31.2 Å². The van der Waals surface area contributed by atoms with Crippen LogP contribution in [0.15, 0.2) is 71.9 Å². The minimum atomic E-state index is -1.18. The molecule has 1 fully saturated rings. The van der Waals surface area contributed by atoms with Crippen LogP contribution >= 0.6 is 0 Å². The summed E-state index contributed by atoms with van der Waals surface area (Å²) in [5.74, 6) is -1.18. The van der Waals surface area contributed by atoms with E-state index in [1.807, 2.05) is 35.0 Å². The smallest absolute Gasteiger partial charge is 0.0715 e. The van der Waals surface area contributed by atoms with Crippen molar-refractivity contribution in [2.45, 2.75) is 0 Å². The van der Waals surface area contributed by atoms with Crippen LogP contribution < -0.4 is 10.0 Å². The summed E-state index contributed by atoms with van der Waals surface area (Å²) in [6.07, 6.45) is 3.72. The molecule has 0 radical (unpaired) electrons. The van der Waals surface area contributed by atoms with E-state index in [0.717, 1.165) is 43.4 Å². The fourth-order valence-corrected chi connectivity index (χ4v) is 3.20. The molecule has 2 aromatic carbocycles. The summed E-state index contributed by atoms with van der Waals surface area (Å²) in [5, 5.41) is 10.9. The summed E-state index contributed by atoms with van der Waals surface area (Å²) in [5.41, 5.74) is 3.97. The standard InChI is InChI=1S/C22H21N3O3/c26-22(27)17-3-7-20(8-4-17)25-11-1-2-21(25)16-23-18-5-9-19(10-6-18)24-12-14-28-15-13-24/h1-11,16H,12-15H2,(H,26,27)/p-1. The van der Waals surface area contributed by atoms with E-state index in [1.54, 1.807) is 18.3 Å². The zero-order valence-electron chi connectivity index (χ0n) is 15.3. The Kier molecular flexibility index (Phi) is 5.21. The van der Waals surface area contributed by atoms with Gasteiger partial charge in [0.2, 0.25) is 0 Å². The van der Waals surface area contributed by atoms with Gasteiger partial charge in [-0.25, -0.2) is 0 Å². The lowest BCUT2D eigenvalue weighted by Crippen LogP contribution is -2.36. The topological polar surface area (TPSA) is 69.9 Å². The molecule has 0 N–H and O–H groups in total. The number of morpholine rings is 1. The molecular weight excluding hydrogens is 354 g/mol. The maximum atomic E-state index is 10.9. The second-order valence-electron chi connectivity index (χ2n) is 6.51. The summed E-state index contributed by atoms with van der Waals surface area (Å²) in [6.45, 7) is 3.35. The van der Waals surface area contributed by atoms with E-state index in [4.69, 9.17) is 4.74 Å². The molecular formula is C22H20N3O3-. The lowest BCUT2D eigenvalue weighted by Gasteiger charge is -2.28. The average molecular weight is 374 g/mol. The quantitative estimate of drug-likeness (QED) is 0.643. The summed E-state index contributed by atoms with van der Waals surface area (Å²) in [7, 11) is 0. The molecule has 6 nitrogen and oxygen atoms in total. The molecule has 1 saturated heterocycles. The van der Waals surface area contributed by atoms with Crippen LogP contribution in [0.4, 0.5) is 11.4 Å². The number of carbonyl (C=O) groups excluding carboxylic acids is 1. The molecule has 0 amide bonds. The number of aromatic carboxylic acids is 1. The molecule has 1 aliphatic heterocycles. The zero-order chi connectivity index (χ0) is 19.3. The van der Waals surface area contributed by atoms with E-state index in [2.05, 4.69) is 22.0 Å². The van der Waals surface area contributed by atoms with Crippen molar-refractivity contribution in [3.63, 3.8) is 0 Å². The molecule has 142 valence electrons. The number of carbonyl (C=O) groups is 1. The minimum Gasteiger partial charge on any atom is -0.545 e. The molecule has 6 heteroatoms. The van der Waals surface area contributed by atoms with E-state index >= 15 is 0 Å². The van der Waals surface area contributed by atoms with Gasteiger partial charge in [0.05, 0.1) is 36.8 Å². The molecule has 1 aliphatic rings. The summed E-state index contributed by atoms with van der Waals surface area (Å²) >= 11 is 0. The number of aliphatic imine (C=N–C) groups is 1. The van der Waals surface area contributed by atoms with Crippen molar-refractivity contribution in [2.24, 2.45) is 4.99 Å². The first-order chi connectivity index (χ1) is 13.7. The van der Waals surface area contributed by atoms with E-state index < -0.39 is 5.97 Å². The van der Waals surface area contributed by atoms with Crippen molar-refractivity contribution in [1.82, 2.24) is 4.57 Å². The number of ether oxygens (including phenoxy) is 1. The zero-order valence-corrected chi connectivity index (χ0v) is 15.3. The van der Waals surface area contributed by atoms with E-state index in [1.165, 1.54) is 17.8 Å². The maximum absolute atomic E-state index is 10.9. The Balaban J connectivity index is 1.49. The van der Waals surface area contributed by atoms with Crippen LogP contribution in [-0.4, -0.2) is 43.1 Å². The van der Waals surface area contributed by atoms with Gasteiger partial charge >= 0.3 is 0 Å². The second kappa shape index (κ2) is 8.10. The van der Waals surface area contributed by atoms with Crippen molar-refractivity contribution in [3.8, 4) is 5.69 Å². The number of anilines is 1. The molecule has 0 saturated carbocycles. The normalized spacial score (nSPS) is 14.5. The van der Waals surface area contributed by atoms with Crippen LogP contribution in [-0.2, 0) is 4.74 Å². The van der Waals surface area contributed by atoms with E-state index in [9.17, 15) is 9.90 Å². The fraction of sp³-hybridized carbons (Fsp3) is 0.182. The van der Waals surface area contributed by atoms with Crippen molar-refractivity contribution >= 4 is 23.6 Å². The van der Waals surface area contributed by atoms with E-state index in [0.29, 0.717) is 0 Å². The molecule has 3 aromatic rings. The van der Waals surface area contributed by atoms with Gasteiger partial charge < -0.3 is 24.1 Å². The largest absolute Gasteiger partial charge is 0.545 e. The highest BCUT2D eigenvalue weighted by atomic mass is 16.5. The van der Waals surface area contributed by atoms with Gasteiger partial charge in [0.25, 0.3) is 0 Å². The number of carboxylic acid groups (broad SMARTS) is 1. The highest BCUT2D eigenvalue weighted by Gasteiger charge is 2.10. The van der Waals surface area contributed by atoms with Gasteiger partial charge in [-0.3, -0.25) is 4.99 Å². The van der Waals surface area contributed by atoms with Gasteiger partial charge in [-0.05, 0) is 54.1 Å². The number of nitrogens with zero attached hydrogens (tertiary/aromatic N) is 3. The molecule has 2 heterocycles. The Labute approximate surface area is 163 Å². The Bertz CT molecular complexity index is 969. The Morgan fingerprint density at radius 2 is 1.64 bits per heavy atom. The van der Waals surface area contributed by atoms with Crippen LogP contribution in [0.1, 0.15) is 16.1 Å². The van der Waals surface area contributed by atoms with Gasteiger partial charge in [0.15, 0.2) is 0 Å². The third-order valence-electron chi connectivity index (χ3n) is 4.73. The SMILES string of the molecule is O=C([O-])c1ccc(-n2cccc2C=Nc2ccc(N3CCOCC3)cc2)cc1. The van der Waals surface area contributed by atoms with Crippen LogP contribution in [0.25, 0.3) is 5.69 Å². The molecule has 4 rings (SSSR count). The minimum absolute atomic E-state index is 0.159. The Hall–Kier alpha value is -3.38. The van der Waals surface area contributed by atoms with Crippen molar-refractivity contribution < 1.29 is 14.6 Å². The highest BCUT2D eigenvalue weighted by molar-refractivity contribution is 5.86. The summed E-state index contributed by atoms with van der Waals surface area (Å²) in [4.78, 5) is 17.8. The predicted molar refractivity (Wildman–Crippen MR) is 107 cm³/mol. The highest BCUT2D eigenvalue weighted by Crippen LogP contribution is 2.21. The fourth-order valence-electron chi connectivity index (χ4n) is 3.20. The van der Waals surface area contributed by atoms with Gasteiger partial charge in [-0.15, -0.1) is 0 Å². The lowest BCUT2D eigenvalue weighted by atomic mass is 10.2. The number of carboxylic acids is 1. The van der Waals surface area contributed by atoms with Gasteiger partial charge in [0, 0.05) is 30.7 Å². The molecule has 0 spiro atoms. The second-order valence-corrected chi connectivity index (χ2v) is 6.51. The summed E-state index contributed by atoms with van der Waals surface area (Å²) in [6, 6.07) is 18.6. The number of hydrogen-bond donors (Lipinski definition) is 0. The number of hydrogen-bond acceptors (Lipinski definition) is 5. The molecule has 1 aromatic heterocycles.